The highest BCUT2D eigenvalue weighted by Gasteiger charge is 2.14. The number of benzene rings is 1. The van der Waals surface area contributed by atoms with Crippen LogP contribution in [-0.2, 0) is 0 Å². The standard InChI is InChI=1S/C13H10BrN3OS/c1-19-13-16-11(12(18)17-13)4-7-6-15-10-5-8(14)2-3-9(7)10/h2-6,18H,1H3,(H,16,17)/b7-4+. The average molecular weight is 336 g/mol. The molecule has 0 radical (unpaired) electrons. The molecule has 2 N–H and O–H groups in total. The topological polar surface area (TPSA) is 61.3 Å². The van der Waals surface area contributed by atoms with Crippen LogP contribution in [0.5, 0.6) is 5.88 Å². The van der Waals surface area contributed by atoms with Gasteiger partial charge in [0.2, 0.25) is 5.88 Å². The largest absolute Gasteiger partial charge is 0.492 e. The normalized spacial score (nSPS) is 15.2. The number of aliphatic imine (C=N–C) groups is 1. The predicted molar refractivity (Wildman–Crippen MR) is 82.2 cm³/mol. The molecule has 3 rings (SSSR count). The summed E-state index contributed by atoms with van der Waals surface area (Å²) < 4.78 is 0.999. The molecule has 1 aromatic heterocycles. The highest BCUT2D eigenvalue weighted by atomic mass is 79.9. The van der Waals surface area contributed by atoms with E-state index < -0.39 is 0 Å². The maximum absolute atomic E-state index is 9.76. The van der Waals surface area contributed by atoms with Gasteiger partial charge in [-0.3, -0.25) is 4.99 Å². The van der Waals surface area contributed by atoms with Crippen LogP contribution in [0.25, 0.3) is 11.6 Å². The highest BCUT2D eigenvalue weighted by molar-refractivity contribution is 9.10. The fourth-order valence-electron chi connectivity index (χ4n) is 1.89. The summed E-state index contributed by atoms with van der Waals surface area (Å²) in [4.78, 5) is 11.4. The van der Waals surface area contributed by atoms with Crippen LogP contribution in [0.3, 0.4) is 0 Å². The molecule has 19 heavy (non-hydrogen) atoms. The second kappa shape index (κ2) is 4.86. The van der Waals surface area contributed by atoms with Gasteiger partial charge in [0.1, 0.15) is 5.69 Å². The Balaban J connectivity index is 2.03. The molecule has 0 spiro atoms. The number of allylic oxidation sites excluding steroid dienone is 1. The number of halogens is 1. The first-order chi connectivity index (χ1) is 9.17. The van der Waals surface area contributed by atoms with Gasteiger partial charge >= 0.3 is 0 Å². The number of hydrogen-bond acceptors (Lipinski definition) is 4. The number of nitrogens with one attached hydrogen (secondary N) is 1. The van der Waals surface area contributed by atoms with Crippen LogP contribution in [0, 0.1) is 0 Å². The number of thioether (sulfide) groups is 1. The first-order valence-electron chi connectivity index (χ1n) is 5.56. The van der Waals surface area contributed by atoms with E-state index in [1.54, 1.807) is 6.21 Å². The zero-order valence-corrected chi connectivity index (χ0v) is 12.4. The van der Waals surface area contributed by atoms with Crippen molar-refractivity contribution >= 4 is 51.2 Å². The summed E-state index contributed by atoms with van der Waals surface area (Å²) in [7, 11) is 0. The molecule has 1 aliphatic heterocycles. The van der Waals surface area contributed by atoms with Crippen molar-refractivity contribution in [3.05, 3.63) is 33.9 Å². The van der Waals surface area contributed by atoms with Gasteiger partial charge in [0, 0.05) is 21.8 Å². The van der Waals surface area contributed by atoms with Crippen LogP contribution in [0.15, 0.2) is 32.8 Å². The van der Waals surface area contributed by atoms with Crippen LogP contribution in [0.2, 0.25) is 0 Å². The molecule has 0 aliphatic carbocycles. The fraction of sp³-hybridized carbons (Fsp3) is 0.0769. The molecule has 2 aromatic rings. The lowest BCUT2D eigenvalue weighted by molar-refractivity contribution is 0.453. The van der Waals surface area contributed by atoms with Gasteiger partial charge in [-0.2, -0.15) is 4.98 Å². The van der Waals surface area contributed by atoms with Gasteiger partial charge in [-0.25, -0.2) is 0 Å². The van der Waals surface area contributed by atoms with E-state index >= 15 is 0 Å². The highest BCUT2D eigenvalue weighted by Crippen LogP contribution is 2.35. The molecular weight excluding hydrogens is 326 g/mol. The van der Waals surface area contributed by atoms with Gasteiger partial charge in [0.25, 0.3) is 0 Å². The first kappa shape index (κ1) is 12.5. The Morgan fingerprint density at radius 1 is 1.42 bits per heavy atom. The fourth-order valence-corrected chi connectivity index (χ4v) is 2.63. The predicted octanol–water partition coefficient (Wildman–Crippen LogP) is 3.86. The number of aromatic amines is 1. The Morgan fingerprint density at radius 2 is 2.26 bits per heavy atom. The smallest absolute Gasteiger partial charge is 0.237 e. The lowest BCUT2D eigenvalue weighted by Crippen LogP contribution is -1.81. The quantitative estimate of drug-likeness (QED) is 0.819. The van der Waals surface area contributed by atoms with Gasteiger partial charge in [0.05, 0.1) is 5.69 Å². The van der Waals surface area contributed by atoms with E-state index in [0.717, 1.165) is 21.3 Å². The molecule has 0 unspecified atom stereocenters. The Kier molecular flexibility index (Phi) is 3.20. The number of H-pyrrole nitrogens is 1. The summed E-state index contributed by atoms with van der Waals surface area (Å²) in [5, 5.41) is 10.5. The second-order valence-electron chi connectivity index (χ2n) is 4.00. The summed E-state index contributed by atoms with van der Waals surface area (Å²) in [6, 6.07) is 5.94. The van der Waals surface area contributed by atoms with Gasteiger partial charge in [0.15, 0.2) is 5.16 Å². The lowest BCUT2D eigenvalue weighted by atomic mass is 10.1. The second-order valence-corrected chi connectivity index (χ2v) is 5.71. The van der Waals surface area contributed by atoms with Crippen LogP contribution in [0.1, 0.15) is 11.3 Å². The summed E-state index contributed by atoms with van der Waals surface area (Å²) in [6.07, 6.45) is 5.54. The van der Waals surface area contributed by atoms with Crippen molar-refractivity contribution in [1.82, 2.24) is 9.97 Å². The van der Waals surface area contributed by atoms with Crippen LogP contribution in [0.4, 0.5) is 5.69 Å². The Labute approximate surface area is 122 Å². The maximum atomic E-state index is 9.76. The van der Waals surface area contributed by atoms with Crippen molar-refractivity contribution in [2.75, 3.05) is 6.26 Å². The first-order valence-corrected chi connectivity index (χ1v) is 7.58. The summed E-state index contributed by atoms with van der Waals surface area (Å²) in [6.45, 7) is 0. The zero-order valence-electron chi connectivity index (χ0n) is 10.0. The van der Waals surface area contributed by atoms with Crippen molar-refractivity contribution < 1.29 is 5.11 Å². The monoisotopic (exact) mass is 335 g/mol. The molecule has 0 bridgehead atoms. The third kappa shape index (κ3) is 2.33. The van der Waals surface area contributed by atoms with E-state index in [9.17, 15) is 5.11 Å². The molecule has 2 heterocycles. The minimum Gasteiger partial charge on any atom is -0.492 e. The molecule has 6 heteroatoms. The van der Waals surface area contributed by atoms with Gasteiger partial charge in [-0.15, -0.1) is 0 Å². The third-order valence-corrected chi connectivity index (χ3v) is 3.87. The molecule has 1 aromatic carbocycles. The van der Waals surface area contributed by atoms with Crippen molar-refractivity contribution in [2.45, 2.75) is 5.16 Å². The molecule has 0 atom stereocenters. The maximum Gasteiger partial charge on any atom is 0.237 e. The van der Waals surface area contributed by atoms with E-state index in [2.05, 4.69) is 30.9 Å². The van der Waals surface area contributed by atoms with Crippen molar-refractivity contribution in [2.24, 2.45) is 4.99 Å². The minimum atomic E-state index is 0.0100. The molecule has 0 fully saturated rings. The average Bonchev–Trinajstić information content (AvgIpc) is 2.94. The number of rotatable bonds is 2. The minimum absolute atomic E-state index is 0.0100. The van der Waals surface area contributed by atoms with Gasteiger partial charge in [-0.05, 0) is 24.5 Å². The number of hydrogen-bond donors (Lipinski definition) is 2. The van der Waals surface area contributed by atoms with Gasteiger partial charge in [-0.1, -0.05) is 33.8 Å². The molecule has 4 nitrogen and oxygen atoms in total. The summed E-state index contributed by atoms with van der Waals surface area (Å²) in [5.74, 6) is 0.0100. The van der Waals surface area contributed by atoms with Crippen LogP contribution >= 0.6 is 27.7 Å². The Hall–Kier alpha value is -1.53. The number of aromatic hydroxyl groups is 1. The third-order valence-electron chi connectivity index (χ3n) is 2.80. The molecule has 0 saturated carbocycles. The van der Waals surface area contributed by atoms with Crippen LogP contribution in [-0.4, -0.2) is 27.5 Å². The van der Waals surface area contributed by atoms with E-state index in [1.165, 1.54) is 11.8 Å². The molecule has 0 amide bonds. The molecule has 96 valence electrons. The molecule has 1 aliphatic rings. The lowest BCUT2D eigenvalue weighted by Gasteiger charge is -1.99. The van der Waals surface area contributed by atoms with Crippen molar-refractivity contribution in [3.63, 3.8) is 0 Å². The van der Waals surface area contributed by atoms with Crippen molar-refractivity contribution in [1.29, 1.82) is 0 Å². The zero-order chi connectivity index (χ0) is 13.4. The van der Waals surface area contributed by atoms with E-state index in [1.807, 2.05) is 30.5 Å². The summed E-state index contributed by atoms with van der Waals surface area (Å²) in [5.41, 5.74) is 3.52. The van der Waals surface area contributed by atoms with Crippen molar-refractivity contribution in [3.8, 4) is 5.88 Å². The van der Waals surface area contributed by atoms with Gasteiger partial charge < -0.3 is 10.1 Å². The number of aromatic nitrogens is 2. The molecular formula is C13H10BrN3OS. The van der Waals surface area contributed by atoms with E-state index in [0.29, 0.717) is 10.9 Å². The van der Waals surface area contributed by atoms with E-state index in [4.69, 9.17) is 0 Å². The van der Waals surface area contributed by atoms with Crippen LogP contribution < -0.4 is 0 Å². The van der Waals surface area contributed by atoms with E-state index in [-0.39, 0.29) is 5.88 Å². The Bertz CT molecular complexity index is 706. The number of fused-ring (bicyclic) bond motifs is 1. The number of imidazole rings is 1. The molecule has 0 saturated heterocycles. The number of nitrogens with zero attached hydrogens (tertiary/aromatic N) is 2. The SMILES string of the molecule is CSc1nc(O)c(/C=C2\C=Nc3cc(Br)ccc32)[nH]1. The summed E-state index contributed by atoms with van der Waals surface area (Å²) >= 11 is 4.88. The Morgan fingerprint density at radius 3 is 3.00 bits per heavy atom.